The number of rotatable bonds is 7. The van der Waals surface area contributed by atoms with Crippen molar-refractivity contribution in [3.05, 3.63) is 62.2 Å². The van der Waals surface area contributed by atoms with E-state index in [2.05, 4.69) is 30.5 Å². The molecule has 1 amide bonds. The number of non-ortho nitro benzene ring substituents is 1. The molecular weight excluding hydrogens is 454 g/mol. The molecule has 0 aliphatic carbocycles. The molecule has 2 aromatic carbocycles. The maximum absolute atomic E-state index is 12.5. The lowest BCUT2D eigenvalue weighted by Gasteiger charge is -2.06. The number of nitrogens with zero attached hydrogens (tertiary/aromatic N) is 7. The molecule has 0 fully saturated rings. The topological polar surface area (TPSA) is 231 Å². The van der Waals surface area contributed by atoms with Gasteiger partial charge in [-0.1, -0.05) is 12.1 Å². The van der Waals surface area contributed by atoms with Crippen LogP contribution in [0.4, 0.5) is 17.2 Å². The number of nitrogens with one attached hydrogen (secondary N) is 1. The Labute approximate surface area is 187 Å². The van der Waals surface area contributed by atoms with Crippen molar-refractivity contribution < 1.29 is 24.4 Å². The fraction of sp³-hybridized carbons (Fsp3) is 0.0556. The van der Waals surface area contributed by atoms with Crippen LogP contribution in [0.5, 0.6) is 5.75 Å². The van der Waals surface area contributed by atoms with Crippen LogP contribution in [0.1, 0.15) is 5.56 Å². The van der Waals surface area contributed by atoms with E-state index in [0.29, 0.717) is 17.1 Å². The zero-order valence-electron chi connectivity index (χ0n) is 16.9. The van der Waals surface area contributed by atoms with Gasteiger partial charge in [0.1, 0.15) is 6.54 Å². The van der Waals surface area contributed by atoms with Gasteiger partial charge in [-0.15, -0.1) is 0 Å². The fourth-order valence-corrected chi connectivity index (χ4v) is 3.09. The number of carbonyl (C=O) groups is 1. The number of nitro benzene ring substituents is 2. The van der Waals surface area contributed by atoms with E-state index < -0.39 is 32.9 Å². The number of aromatic nitrogens is 4. The van der Waals surface area contributed by atoms with E-state index in [1.165, 1.54) is 4.57 Å². The number of nitro groups is 2. The van der Waals surface area contributed by atoms with Gasteiger partial charge in [-0.2, -0.15) is 5.10 Å². The number of nitrogens with two attached hydrogens (primary N) is 1. The second-order valence-corrected chi connectivity index (χ2v) is 6.72. The number of carbonyl (C=O) groups excluding carboxylic acids is 1. The van der Waals surface area contributed by atoms with Crippen molar-refractivity contribution in [2.24, 2.45) is 5.10 Å². The van der Waals surface area contributed by atoms with Gasteiger partial charge in [-0.25, -0.2) is 15.0 Å². The molecule has 0 saturated heterocycles. The van der Waals surface area contributed by atoms with Gasteiger partial charge in [-0.05, 0) is 22.4 Å². The molecule has 0 saturated carbocycles. The van der Waals surface area contributed by atoms with Crippen LogP contribution in [0.2, 0.25) is 0 Å². The Hall–Kier alpha value is -5.41. The van der Waals surface area contributed by atoms with Crippen LogP contribution in [0.15, 0.2) is 46.1 Å². The Bertz CT molecular complexity index is 1470. The number of fused-ring (bicyclic) bond motifs is 1. The molecule has 2 aromatic heterocycles. The Balaban J connectivity index is 1.60. The van der Waals surface area contributed by atoms with Gasteiger partial charge in [0.05, 0.1) is 38.7 Å². The molecule has 0 atom stereocenters. The summed E-state index contributed by atoms with van der Waals surface area (Å²) in [6.45, 7) is -0.305. The number of imidazole rings is 1. The predicted molar refractivity (Wildman–Crippen MR) is 115 cm³/mol. The van der Waals surface area contributed by atoms with Gasteiger partial charge in [0, 0.05) is 6.07 Å². The number of nitrogen functional groups attached to an aromatic ring is 1. The summed E-state index contributed by atoms with van der Waals surface area (Å²) >= 11 is 0. The second kappa shape index (κ2) is 8.61. The first-order valence-corrected chi connectivity index (χ1v) is 9.27. The number of phenols is 1. The highest BCUT2D eigenvalue weighted by molar-refractivity contribution is 5.89. The highest BCUT2D eigenvalue weighted by atomic mass is 16.6. The number of hydrazone groups is 1. The molecule has 0 spiro atoms. The Morgan fingerprint density at radius 1 is 1.24 bits per heavy atom. The molecule has 4 aromatic rings. The Morgan fingerprint density at radius 2 is 2.00 bits per heavy atom. The number of phenolic OH excluding ortho intramolecular Hbond substituents is 1. The minimum absolute atomic E-state index is 0.0299. The average Bonchev–Trinajstić information content (AvgIpc) is 3.37. The molecule has 0 bridgehead atoms. The molecule has 34 heavy (non-hydrogen) atoms. The smallest absolute Gasteiger partial charge is 0.318 e. The second-order valence-electron chi connectivity index (χ2n) is 6.72. The highest BCUT2D eigenvalue weighted by Gasteiger charge is 2.23. The normalized spacial score (nSPS) is 11.2. The van der Waals surface area contributed by atoms with Crippen LogP contribution < -0.4 is 11.2 Å². The third-order valence-corrected chi connectivity index (χ3v) is 4.59. The van der Waals surface area contributed by atoms with Gasteiger partial charge in [-0.3, -0.25) is 25.0 Å². The summed E-state index contributed by atoms with van der Waals surface area (Å²) in [5, 5.41) is 42.9. The van der Waals surface area contributed by atoms with E-state index in [9.17, 15) is 30.1 Å². The van der Waals surface area contributed by atoms with Gasteiger partial charge >= 0.3 is 5.69 Å². The van der Waals surface area contributed by atoms with Crippen LogP contribution in [-0.4, -0.2) is 46.9 Å². The first-order valence-electron chi connectivity index (χ1n) is 9.27. The van der Waals surface area contributed by atoms with Crippen molar-refractivity contribution in [2.75, 3.05) is 5.73 Å². The third kappa shape index (κ3) is 4.05. The van der Waals surface area contributed by atoms with Crippen molar-refractivity contribution in [2.45, 2.75) is 6.54 Å². The molecule has 172 valence electrons. The molecule has 0 aliphatic rings. The van der Waals surface area contributed by atoms with Crippen molar-refractivity contribution in [1.29, 1.82) is 0 Å². The Kier molecular flexibility index (Phi) is 5.52. The van der Waals surface area contributed by atoms with Gasteiger partial charge in [0.2, 0.25) is 5.75 Å². The minimum Gasteiger partial charge on any atom is -0.502 e. The summed E-state index contributed by atoms with van der Waals surface area (Å²) in [4.78, 5) is 37.2. The number of para-hydroxylation sites is 2. The van der Waals surface area contributed by atoms with E-state index >= 15 is 0 Å². The van der Waals surface area contributed by atoms with Crippen molar-refractivity contribution in [3.8, 4) is 17.3 Å². The molecule has 0 radical (unpaired) electrons. The largest absolute Gasteiger partial charge is 0.502 e. The zero-order chi connectivity index (χ0) is 24.4. The molecule has 16 nitrogen and oxygen atoms in total. The fourth-order valence-electron chi connectivity index (χ4n) is 3.09. The molecule has 16 heteroatoms. The van der Waals surface area contributed by atoms with E-state index in [4.69, 9.17) is 5.73 Å². The van der Waals surface area contributed by atoms with Crippen LogP contribution >= 0.6 is 0 Å². The standard InChI is InChI=1S/C18H13N9O7/c19-17-15(23-34-24-17)18-21-11-3-1-2-4-12(11)25(18)8-14(28)22-20-7-9-5-10(26(30)31)6-13(16(9)29)27(32)33/h1-7,29H,8H2,(H2,19,24)(H,22,28)/b20-7+. The lowest BCUT2D eigenvalue weighted by Crippen LogP contribution is -2.23. The third-order valence-electron chi connectivity index (χ3n) is 4.59. The van der Waals surface area contributed by atoms with Crippen LogP contribution in [0.3, 0.4) is 0 Å². The summed E-state index contributed by atoms with van der Waals surface area (Å²) in [5.41, 5.74) is 7.34. The number of benzene rings is 2. The van der Waals surface area contributed by atoms with Gasteiger partial charge < -0.3 is 15.4 Å². The number of hydrogen-bond donors (Lipinski definition) is 3. The quantitative estimate of drug-likeness (QED) is 0.199. The predicted octanol–water partition coefficient (Wildman–Crippen LogP) is 1.34. The van der Waals surface area contributed by atoms with Crippen molar-refractivity contribution in [3.63, 3.8) is 0 Å². The summed E-state index contributed by atoms with van der Waals surface area (Å²) in [7, 11) is 0. The van der Waals surface area contributed by atoms with E-state index in [-0.39, 0.29) is 29.4 Å². The molecule has 0 unspecified atom stereocenters. The lowest BCUT2D eigenvalue weighted by molar-refractivity contribution is -0.394. The number of hydrogen-bond acceptors (Lipinski definition) is 12. The van der Waals surface area contributed by atoms with Crippen molar-refractivity contribution >= 4 is 40.3 Å². The van der Waals surface area contributed by atoms with E-state index in [0.717, 1.165) is 12.3 Å². The number of amides is 1. The maximum Gasteiger partial charge on any atom is 0.318 e. The van der Waals surface area contributed by atoms with E-state index in [1.807, 2.05) is 0 Å². The SMILES string of the molecule is Nc1nonc1-c1nc2ccccc2n1CC(=O)N/N=C/c1cc([N+](=O)[O-])cc([N+](=O)[O-])c1O. The summed E-state index contributed by atoms with van der Waals surface area (Å²) < 4.78 is 6.10. The highest BCUT2D eigenvalue weighted by Crippen LogP contribution is 2.33. The van der Waals surface area contributed by atoms with Crippen LogP contribution in [-0.2, 0) is 11.3 Å². The minimum atomic E-state index is -0.978. The maximum atomic E-state index is 12.5. The van der Waals surface area contributed by atoms with Crippen molar-refractivity contribution in [1.82, 2.24) is 25.3 Å². The summed E-state index contributed by atoms with van der Waals surface area (Å²) in [6.07, 6.45) is 0.847. The molecule has 4 rings (SSSR count). The summed E-state index contributed by atoms with van der Waals surface area (Å²) in [5.74, 6) is -1.32. The molecule has 4 N–H and O–H groups in total. The Morgan fingerprint density at radius 3 is 2.68 bits per heavy atom. The monoisotopic (exact) mass is 467 g/mol. The first kappa shape index (κ1) is 21.8. The first-order chi connectivity index (χ1) is 16.3. The average molecular weight is 467 g/mol. The lowest BCUT2D eigenvalue weighted by atomic mass is 10.1. The molecule has 2 heterocycles. The number of anilines is 1. The molecular formula is C18H13N9O7. The van der Waals surface area contributed by atoms with Gasteiger partial charge in [0.25, 0.3) is 11.6 Å². The van der Waals surface area contributed by atoms with Gasteiger partial charge in [0.15, 0.2) is 17.3 Å². The van der Waals surface area contributed by atoms with E-state index in [1.54, 1.807) is 24.3 Å². The van der Waals surface area contributed by atoms with Crippen LogP contribution in [0, 0.1) is 20.2 Å². The summed E-state index contributed by atoms with van der Waals surface area (Å²) in [6, 6.07) is 8.41. The zero-order valence-corrected chi connectivity index (χ0v) is 16.9. The molecule has 0 aliphatic heterocycles. The van der Waals surface area contributed by atoms with Crippen LogP contribution in [0.25, 0.3) is 22.6 Å². The number of aromatic hydroxyl groups is 1.